The molecule has 0 saturated heterocycles. The summed E-state index contributed by atoms with van der Waals surface area (Å²) in [5.74, 6) is 1.89. The Morgan fingerprint density at radius 1 is 0.316 bits per heavy atom. The summed E-state index contributed by atoms with van der Waals surface area (Å²) < 4.78 is 11.2. The zero-order chi connectivity index (χ0) is 37.5. The van der Waals surface area contributed by atoms with Crippen LogP contribution < -0.4 is 0 Å². The molecule has 6 nitrogen and oxygen atoms in total. The van der Waals surface area contributed by atoms with Crippen molar-refractivity contribution < 1.29 is 4.42 Å². The first-order valence-electron chi connectivity index (χ1n) is 19.1. The van der Waals surface area contributed by atoms with E-state index in [-0.39, 0.29) is 0 Å². The molecule has 0 spiro atoms. The average molecular weight is 730 g/mol. The Balaban J connectivity index is 1.14. The van der Waals surface area contributed by atoms with Crippen molar-refractivity contribution in [1.29, 1.82) is 0 Å². The quantitative estimate of drug-likeness (QED) is 0.177. The van der Waals surface area contributed by atoms with Crippen LogP contribution in [0.3, 0.4) is 0 Å². The van der Waals surface area contributed by atoms with Gasteiger partial charge in [-0.2, -0.15) is 0 Å². The SMILES string of the molecule is c1ccc(-c2nc(-c3ccccc3)nc(-c3cccc(-n4c5ccccc5c5cc6c7c8c(ccc7n(-c7ccccc7)c6cc54)oc4ccccc48)c3)n2)cc1. The Hall–Kier alpha value is -7.83. The fourth-order valence-corrected chi connectivity index (χ4v) is 8.64. The van der Waals surface area contributed by atoms with E-state index in [1.807, 2.05) is 66.7 Å². The summed E-state index contributed by atoms with van der Waals surface area (Å²) in [5, 5.41) is 6.99. The smallest absolute Gasteiger partial charge is 0.164 e. The molecule has 0 amide bonds. The molecule has 12 rings (SSSR count). The second-order valence-corrected chi connectivity index (χ2v) is 14.4. The van der Waals surface area contributed by atoms with Crippen LogP contribution in [0.15, 0.2) is 192 Å². The molecule has 0 aliphatic carbocycles. The van der Waals surface area contributed by atoms with Crippen LogP contribution >= 0.6 is 0 Å². The monoisotopic (exact) mass is 729 g/mol. The van der Waals surface area contributed by atoms with E-state index in [9.17, 15) is 0 Å². The van der Waals surface area contributed by atoms with Crippen LogP contribution in [0.4, 0.5) is 0 Å². The second-order valence-electron chi connectivity index (χ2n) is 14.4. The molecule has 6 heteroatoms. The molecule has 266 valence electrons. The number of hydrogen-bond donors (Lipinski definition) is 0. The third-order valence-corrected chi connectivity index (χ3v) is 11.1. The summed E-state index contributed by atoms with van der Waals surface area (Å²) in [6.45, 7) is 0. The van der Waals surface area contributed by atoms with Gasteiger partial charge in [-0.1, -0.05) is 127 Å². The van der Waals surface area contributed by atoms with Crippen molar-refractivity contribution in [3.05, 3.63) is 188 Å². The van der Waals surface area contributed by atoms with Gasteiger partial charge in [0, 0.05) is 60.4 Å². The predicted octanol–water partition coefficient (Wildman–Crippen LogP) is 13.0. The summed E-state index contributed by atoms with van der Waals surface area (Å²) >= 11 is 0. The molecule has 0 saturated carbocycles. The maximum Gasteiger partial charge on any atom is 0.164 e. The van der Waals surface area contributed by atoms with Crippen molar-refractivity contribution in [2.45, 2.75) is 0 Å². The fraction of sp³-hybridized carbons (Fsp3) is 0. The van der Waals surface area contributed by atoms with Crippen LogP contribution in [-0.2, 0) is 0 Å². The Bertz CT molecular complexity index is 3450. The zero-order valence-corrected chi connectivity index (χ0v) is 30.5. The minimum atomic E-state index is 0.619. The molecule has 0 fully saturated rings. The van der Waals surface area contributed by atoms with Crippen LogP contribution in [-0.4, -0.2) is 24.1 Å². The lowest BCUT2D eigenvalue weighted by Crippen LogP contribution is -2.01. The van der Waals surface area contributed by atoms with Crippen LogP contribution in [0.25, 0.3) is 111 Å². The fourth-order valence-electron chi connectivity index (χ4n) is 8.64. The molecule has 8 aromatic carbocycles. The standard InChI is InChI=1S/C51H31N5O/c1-4-15-32(16-5-1)49-52-50(33-17-6-2-7-18-33)54-51(53-49)34-19-14-22-36(29-34)56-41-25-12-10-23-37(41)39-30-40-44(31-43(39)56)55(35-20-8-3-9-21-35)42-27-28-46-48(47(40)42)38-24-11-13-26-45(38)57-46/h1-31H. The van der Waals surface area contributed by atoms with E-state index < -0.39 is 0 Å². The second kappa shape index (κ2) is 12.3. The van der Waals surface area contributed by atoms with Gasteiger partial charge in [0.05, 0.1) is 22.1 Å². The van der Waals surface area contributed by atoms with Crippen molar-refractivity contribution in [3.63, 3.8) is 0 Å². The summed E-state index contributed by atoms with van der Waals surface area (Å²) in [5.41, 5.74) is 11.2. The molecule has 57 heavy (non-hydrogen) atoms. The highest BCUT2D eigenvalue weighted by molar-refractivity contribution is 6.29. The number of aromatic nitrogens is 5. The maximum atomic E-state index is 6.43. The first kappa shape index (κ1) is 31.5. The molecule has 0 aliphatic heterocycles. The molecule has 12 aromatic rings. The largest absolute Gasteiger partial charge is 0.456 e. The molecule has 4 heterocycles. The average Bonchev–Trinajstić information content (AvgIpc) is 3.93. The number of benzene rings is 8. The Morgan fingerprint density at radius 3 is 1.61 bits per heavy atom. The minimum Gasteiger partial charge on any atom is -0.456 e. The van der Waals surface area contributed by atoms with Crippen molar-refractivity contribution in [2.24, 2.45) is 0 Å². The lowest BCUT2D eigenvalue weighted by Gasteiger charge is -2.12. The molecule has 0 atom stereocenters. The van der Waals surface area contributed by atoms with Crippen molar-refractivity contribution in [1.82, 2.24) is 24.1 Å². The summed E-state index contributed by atoms with van der Waals surface area (Å²) in [4.78, 5) is 15.0. The zero-order valence-electron chi connectivity index (χ0n) is 30.5. The molecule has 0 unspecified atom stereocenters. The molecule has 0 aliphatic rings. The van der Waals surface area contributed by atoms with E-state index in [2.05, 4.69) is 130 Å². The number of rotatable bonds is 5. The van der Waals surface area contributed by atoms with Crippen LogP contribution in [0.2, 0.25) is 0 Å². The highest BCUT2D eigenvalue weighted by Crippen LogP contribution is 2.44. The lowest BCUT2D eigenvalue weighted by molar-refractivity contribution is 0.669. The highest BCUT2D eigenvalue weighted by atomic mass is 16.3. The van der Waals surface area contributed by atoms with E-state index in [0.717, 1.165) is 72.1 Å². The molecular formula is C51H31N5O. The molecule has 0 N–H and O–H groups in total. The summed E-state index contributed by atoms with van der Waals surface area (Å²) in [7, 11) is 0. The number of hydrogen-bond acceptors (Lipinski definition) is 4. The van der Waals surface area contributed by atoms with E-state index in [0.29, 0.717) is 17.5 Å². The third-order valence-electron chi connectivity index (χ3n) is 11.1. The van der Waals surface area contributed by atoms with Gasteiger partial charge in [-0.05, 0) is 60.7 Å². The Kier molecular flexibility index (Phi) is 6.83. The van der Waals surface area contributed by atoms with Crippen molar-refractivity contribution >= 4 is 65.6 Å². The Morgan fingerprint density at radius 2 is 0.877 bits per heavy atom. The van der Waals surface area contributed by atoms with Gasteiger partial charge in [0.1, 0.15) is 11.2 Å². The minimum absolute atomic E-state index is 0.619. The summed E-state index contributed by atoms with van der Waals surface area (Å²) in [6.07, 6.45) is 0. The number of furan rings is 1. The lowest BCUT2D eigenvalue weighted by atomic mass is 10.0. The predicted molar refractivity (Wildman–Crippen MR) is 232 cm³/mol. The highest BCUT2D eigenvalue weighted by Gasteiger charge is 2.22. The van der Waals surface area contributed by atoms with Crippen LogP contribution in [0.5, 0.6) is 0 Å². The van der Waals surface area contributed by atoms with E-state index >= 15 is 0 Å². The molecular weight excluding hydrogens is 699 g/mol. The van der Waals surface area contributed by atoms with Crippen LogP contribution in [0, 0.1) is 0 Å². The molecule has 0 bridgehead atoms. The van der Waals surface area contributed by atoms with Gasteiger partial charge in [0.15, 0.2) is 17.5 Å². The van der Waals surface area contributed by atoms with E-state index in [1.54, 1.807) is 0 Å². The van der Waals surface area contributed by atoms with Gasteiger partial charge in [-0.25, -0.2) is 15.0 Å². The topological polar surface area (TPSA) is 61.7 Å². The van der Waals surface area contributed by atoms with Gasteiger partial charge >= 0.3 is 0 Å². The summed E-state index contributed by atoms with van der Waals surface area (Å²) in [6, 6.07) is 65.5. The molecule has 0 radical (unpaired) electrons. The van der Waals surface area contributed by atoms with Gasteiger partial charge < -0.3 is 13.6 Å². The van der Waals surface area contributed by atoms with Crippen LogP contribution in [0.1, 0.15) is 0 Å². The van der Waals surface area contributed by atoms with E-state index in [1.165, 1.54) is 21.5 Å². The van der Waals surface area contributed by atoms with Gasteiger partial charge in [0.2, 0.25) is 0 Å². The van der Waals surface area contributed by atoms with Crippen molar-refractivity contribution in [2.75, 3.05) is 0 Å². The molecule has 4 aromatic heterocycles. The van der Waals surface area contributed by atoms with Crippen molar-refractivity contribution in [3.8, 4) is 45.5 Å². The maximum absolute atomic E-state index is 6.43. The number of nitrogens with zero attached hydrogens (tertiary/aromatic N) is 5. The van der Waals surface area contributed by atoms with Gasteiger partial charge in [-0.3, -0.25) is 0 Å². The number of para-hydroxylation sites is 3. The first-order valence-corrected chi connectivity index (χ1v) is 19.1. The van der Waals surface area contributed by atoms with E-state index in [4.69, 9.17) is 19.4 Å². The third kappa shape index (κ3) is 4.87. The first-order chi connectivity index (χ1) is 28.3. The normalized spacial score (nSPS) is 11.9. The van der Waals surface area contributed by atoms with Gasteiger partial charge in [0.25, 0.3) is 0 Å². The Labute approximate surface area is 326 Å². The number of fused-ring (bicyclic) bond motifs is 10. The van der Waals surface area contributed by atoms with Gasteiger partial charge in [-0.15, -0.1) is 0 Å².